The van der Waals surface area contributed by atoms with Gasteiger partial charge in [-0.2, -0.15) is 23.5 Å². The van der Waals surface area contributed by atoms with Crippen LogP contribution in [0.15, 0.2) is 42.5 Å². The van der Waals surface area contributed by atoms with Gasteiger partial charge in [0.1, 0.15) is 23.2 Å². The van der Waals surface area contributed by atoms with Gasteiger partial charge in [0.15, 0.2) is 0 Å². The number of nitrogens with two attached hydrogens (primary N) is 1. The highest BCUT2D eigenvalue weighted by molar-refractivity contribution is 6.15. The fraction of sp³-hybridized carbons (Fsp3) is 0.308. The van der Waals surface area contributed by atoms with Gasteiger partial charge < -0.3 is 20.7 Å². The van der Waals surface area contributed by atoms with Gasteiger partial charge >= 0.3 is 6.18 Å². The van der Waals surface area contributed by atoms with E-state index in [9.17, 15) is 28.0 Å². The van der Waals surface area contributed by atoms with Crippen LogP contribution in [0.4, 0.5) is 18.9 Å². The number of ether oxygens (including phenoxy) is 1. The Hall–Kier alpha value is -4.37. The number of nitriles is 1. The van der Waals surface area contributed by atoms with Crippen LogP contribution in [0.25, 0.3) is 11.3 Å². The first-order valence-corrected chi connectivity index (χ1v) is 11.7. The first-order valence-electron chi connectivity index (χ1n) is 11.7. The SMILES string of the molecule is COc1ccc(-c2nn3c(c2C(N)=O)C(=O)N(c2ccc(CCNCC(F)(F)F)cc2)[C@@H](C)C3)cc1C#N. The van der Waals surface area contributed by atoms with E-state index in [4.69, 9.17) is 10.5 Å². The number of hydrogen-bond acceptors (Lipinski definition) is 6. The fourth-order valence-electron chi connectivity index (χ4n) is 4.49. The summed E-state index contributed by atoms with van der Waals surface area (Å²) in [4.78, 5) is 27.8. The fourth-order valence-corrected chi connectivity index (χ4v) is 4.49. The molecule has 38 heavy (non-hydrogen) atoms. The number of hydrogen-bond donors (Lipinski definition) is 2. The minimum Gasteiger partial charge on any atom is -0.495 e. The van der Waals surface area contributed by atoms with E-state index < -0.39 is 24.5 Å². The largest absolute Gasteiger partial charge is 0.495 e. The number of amides is 2. The smallest absolute Gasteiger partial charge is 0.401 e. The molecule has 3 aromatic rings. The number of benzene rings is 2. The van der Waals surface area contributed by atoms with Gasteiger partial charge in [-0.1, -0.05) is 12.1 Å². The van der Waals surface area contributed by atoms with Crippen LogP contribution in [-0.4, -0.2) is 54.0 Å². The molecule has 0 fully saturated rings. The number of carbonyl (C=O) groups excluding carboxylic acids is 2. The van der Waals surface area contributed by atoms with Crippen LogP contribution in [0.1, 0.15) is 38.9 Å². The summed E-state index contributed by atoms with van der Waals surface area (Å²) in [5.41, 5.74) is 7.93. The molecule has 9 nitrogen and oxygen atoms in total. The molecule has 0 saturated heterocycles. The Kier molecular flexibility index (Phi) is 7.41. The standard InChI is InChI=1S/C26H25F3N6O3/c1-15-13-34-23(21(24(31)36)22(33-34)17-5-8-20(38-2)18(11-17)12-30)25(37)35(15)19-6-3-16(4-7-19)9-10-32-14-26(27,28)29/h3-8,11,15,32H,9-10,13-14H2,1-2H3,(H2,31,36)/t15-/m0/s1. The molecule has 198 valence electrons. The lowest BCUT2D eigenvalue weighted by Crippen LogP contribution is -2.47. The Labute approximate surface area is 216 Å². The number of nitrogens with one attached hydrogen (secondary N) is 1. The highest BCUT2D eigenvalue weighted by atomic mass is 19.4. The van der Waals surface area contributed by atoms with Crippen LogP contribution >= 0.6 is 0 Å². The summed E-state index contributed by atoms with van der Waals surface area (Å²) in [6, 6.07) is 13.4. The Morgan fingerprint density at radius 1 is 1.26 bits per heavy atom. The summed E-state index contributed by atoms with van der Waals surface area (Å²) >= 11 is 0. The van der Waals surface area contributed by atoms with E-state index in [1.165, 1.54) is 22.8 Å². The maximum Gasteiger partial charge on any atom is 0.401 e. The first kappa shape index (κ1) is 26.7. The second kappa shape index (κ2) is 10.5. The highest BCUT2D eigenvalue weighted by Crippen LogP contribution is 2.34. The summed E-state index contributed by atoms with van der Waals surface area (Å²) in [6.07, 6.45) is -3.88. The van der Waals surface area contributed by atoms with Gasteiger partial charge in [0.2, 0.25) is 0 Å². The molecule has 0 bridgehead atoms. The lowest BCUT2D eigenvalue weighted by atomic mass is 10.0. The molecule has 2 aromatic carbocycles. The summed E-state index contributed by atoms with van der Waals surface area (Å²) in [5.74, 6) is -0.943. The Bertz CT molecular complexity index is 1410. The van der Waals surface area contributed by atoms with Crippen molar-refractivity contribution in [3.8, 4) is 23.1 Å². The lowest BCUT2D eigenvalue weighted by molar-refractivity contribution is -0.124. The van der Waals surface area contributed by atoms with Gasteiger partial charge in [-0.05, 0) is 55.8 Å². The van der Waals surface area contributed by atoms with Crippen LogP contribution in [0.2, 0.25) is 0 Å². The third kappa shape index (κ3) is 5.33. The molecule has 1 aromatic heterocycles. The minimum absolute atomic E-state index is 0.0420. The Balaban J connectivity index is 1.63. The van der Waals surface area contributed by atoms with Gasteiger partial charge in [-0.3, -0.25) is 14.3 Å². The number of alkyl halides is 3. The van der Waals surface area contributed by atoms with Gasteiger partial charge in [-0.25, -0.2) is 0 Å². The Morgan fingerprint density at radius 3 is 2.58 bits per heavy atom. The average Bonchev–Trinajstić information content (AvgIpc) is 3.26. The number of anilines is 1. The molecule has 4 rings (SSSR count). The van der Waals surface area contributed by atoms with Crippen LogP contribution < -0.4 is 20.7 Å². The van der Waals surface area contributed by atoms with Crippen LogP contribution in [0.3, 0.4) is 0 Å². The van der Waals surface area contributed by atoms with Crippen molar-refractivity contribution >= 4 is 17.5 Å². The number of nitrogens with zero attached hydrogens (tertiary/aromatic N) is 4. The van der Waals surface area contributed by atoms with Crippen molar-refractivity contribution in [1.29, 1.82) is 5.26 Å². The molecule has 3 N–H and O–H groups in total. The number of methoxy groups -OCH3 is 1. The van der Waals surface area contributed by atoms with Gasteiger partial charge in [0.25, 0.3) is 11.8 Å². The molecule has 0 radical (unpaired) electrons. The van der Waals surface area contributed by atoms with Crippen molar-refractivity contribution in [3.63, 3.8) is 0 Å². The molecule has 2 amide bonds. The zero-order chi connectivity index (χ0) is 27.6. The number of primary amides is 1. The van der Waals surface area contributed by atoms with Gasteiger partial charge in [0.05, 0.1) is 37.4 Å². The summed E-state index contributed by atoms with van der Waals surface area (Å²) in [5, 5.41) is 16.3. The monoisotopic (exact) mass is 526 g/mol. The number of aromatic nitrogens is 2. The number of carbonyl (C=O) groups is 2. The third-order valence-electron chi connectivity index (χ3n) is 6.22. The van der Waals surface area contributed by atoms with E-state index in [0.717, 1.165) is 5.56 Å². The maximum absolute atomic E-state index is 13.7. The second-order valence-electron chi connectivity index (χ2n) is 8.88. The first-order chi connectivity index (χ1) is 18.0. The van der Waals surface area contributed by atoms with Gasteiger partial charge in [-0.15, -0.1) is 0 Å². The third-order valence-corrected chi connectivity index (χ3v) is 6.22. The number of fused-ring (bicyclic) bond motifs is 1. The molecular weight excluding hydrogens is 501 g/mol. The van der Waals surface area contributed by atoms with E-state index in [-0.39, 0.29) is 41.6 Å². The average molecular weight is 527 g/mol. The van der Waals surface area contributed by atoms with E-state index >= 15 is 0 Å². The van der Waals surface area contributed by atoms with Crippen LogP contribution in [0, 0.1) is 11.3 Å². The number of rotatable bonds is 8. The summed E-state index contributed by atoms with van der Waals surface area (Å²) in [6.45, 7) is 1.21. The predicted octanol–water partition coefficient (Wildman–Crippen LogP) is 3.27. The summed E-state index contributed by atoms with van der Waals surface area (Å²) < 4.78 is 43.6. The number of halogens is 3. The second-order valence-corrected chi connectivity index (χ2v) is 8.88. The molecule has 1 aliphatic heterocycles. The molecule has 0 spiro atoms. The predicted molar refractivity (Wildman–Crippen MR) is 133 cm³/mol. The van der Waals surface area contributed by atoms with Crippen molar-refractivity contribution in [2.45, 2.75) is 32.1 Å². The lowest BCUT2D eigenvalue weighted by Gasteiger charge is -2.34. The van der Waals surface area contributed by atoms with Crippen molar-refractivity contribution < 1.29 is 27.5 Å². The quantitative estimate of drug-likeness (QED) is 0.434. The van der Waals surface area contributed by atoms with Crippen LogP contribution in [0.5, 0.6) is 5.75 Å². The molecule has 2 heterocycles. The van der Waals surface area contributed by atoms with Crippen molar-refractivity contribution in [3.05, 3.63) is 64.8 Å². The van der Waals surface area contributed by atoms with E-state index in [2.05, 4.69) is 10.4 Å². The van der Waals surface area contributed by atoms with Crippen molar-refractivity contribution in [1.82, 2.24) is 15.1 Å². The van der Waals surface area contributed by atoms with Crippen molar-refractivity contribution in [2.75, 3.05) is 25.1 Å². The summed E-state index contributed by atoms with van der Waals surface area (Å²) in [7, 11) is 1.44. The van der Waals surface area contributed by atoms with E-state index in [1.54, 1.807) is 36.4 Å². The maximum atomic E-state index is 13.7. The molecule has 12 heteroatoms. The molecular formula is C26H25F3N6O3. The van der Waals surface area contributed by atoms with Crippen LogP contribution in [-0.2, 0) is 13.0 Å². The molecule has 0 saturated carbocycles. The molecule has 0 unspecified atom stereocenters. The molecule has 0 aliphatic carbocycles. The van der Waals surface area contributed by atoms with E-state index in [1.807, 2.05) is 13.0 Å². The minimum atomic E-state index is -4.27. The van der Waals surface area contributed by atoms with Crippen molar-refractivity contribution in [2.24, 2.45) is 5.73 Å². The highest BCUT2D eigenvalue weighted by Gasteiger charge is 2.38. The topological polar surface area (TPSA) is 126 Å². The van der Waals surface area contributed by atoms with E-state index in [0.29, 0.717) is 23.4 Å². The Morgan fingerprint density at radius 2 is 1.97 bits per heavy atom. The zero-order valence-corrected chi connectivity index (χ0v) is 20.7. The zero-order valence-electron chi connectivity index (χ0n) is 20.7. The molecule has 1 aliphatic rings. The van der Waals surface area contributed by atoms with Gasteiger partial charge in [0, 0.05) is 11.3 Å². The molecule has 1 atom stereocenters. The normalized spacial score (nSPS) is 15.2.